The van der Waals surface area contributed by atoms with Gasteiger partial charge in [0.15, 0.2) is 17.8 Å². The summed E-state index contributed by atoms with van der Waals surface area (Å²) in [7, 11) is 1.62. The van der Waals surface area contributed by atoms with Crippen LogP contribution in [0.4, 0.5) is 4.39 Å². The van der Waals surface area contributed by atoms with Crippen molar-refractivity contribution in [1.29, 1.82) is 0 Å². The smallest absolute Gasteiger partial charge is 0.200 e. The maximum atomic E-state index is 13.5. The molecule has 0 amide bonds. The van der Waals surface area contributed by atoms with E-state index in [0.29, 0.717) is 24.7 Å². The monoisotopic (exact) mass is 368 g/mol. The van der Waals surface area contributed by atoms with Gasteiger partial charge in [-0.05, 0) is 48.4 Å². The van der Waals surface area contributed by atoms with Gasteiger partial charge in [0.1, 0.15) is 5.82 Å². The molecule has 0 aliphatic carbocycles. The van der Waals surface area contributed by atoms with Crippen molar-refractivity contribution < 1.29 is 18.6 Å². The Morgan fingerprint density at radius 2 is 2.11 bits per heavy atom. The summed E-state index contributed by atoms with van der Waals surface area (Å²) in [6, 6.07) is 14.2. The lowest BCUT2D eigenvalue weighted by molar-refractivity contribution is -0.0402. The first-order valence-corrected chi connectivity index (χ1v) is 8.96. The van der Waals surface area contributed by atoms with Crippen LogP contribution in [-0.2, 0) is 11.3 Å². The zero-order valence-electron chi connectivity index (χ0n) is 15.1. The number of nitrogens with zero attached hydrogens (tertiary/aromatic N) is 2. The van der Waals surface area contributed by atoms with E-state index in [0.717, 1.165) is 29.7 Å². The molecule has 0 radical (unpaired) electrons. The lowest BCUT2D eigenvalue weighted by Gasteiger charge is -2.17. The average Bonchev–Trinajstić information content (AvgIpc) is 3.34. The highest BCUT2D eigenvalue weighted by molar-refractivity contribution is 5.64. The molecule has 2 heterocycles. The van der Waals surface area contributed by atoms with E-state index in [-0.39, 0.29) is 12.1 Å². The van der Waals surface area contributed by atoms with Crippen molar-refractivity contribution >= 4 is 0 Å². The molecule has 140 valence electrons. The summed E-state index contributed by atoms with van der Waals surface area (Å²) in [5.74, 6) is 1.05. The summed E-state index contributed by atoms with van der Waals surface area (Å²) in [5.41, 5.74) is 2.71. The third-order valence-corrected chi connectivity index (χ3v) is 4.54. The van der Waals surface area contributed by atoms with E-state index in [9.17, 15) is 4.39 Å². The average molecular weight is 368 g/mol. The second kappa shape index (κ2) is 7.80. The largest absolute Gasteiger partial charge is 0.493 e. The van der Waals surface area contributed by atoms with Gasteiger partial charge in [0.05, 0.1) is 26.0 Å². The molecule has 0 bridgehead atoms. The highest BCUT2D eigenvalue weighted by atomic mass is 19.1. The fourth-order valence-corrected chi connectivity index (χ4v) is 3.22. The first-order valence-electron chi connectivity index (χ1n) is 8.96. The Morgan fingerprint density at radius 3 is 2.89 bits per heavy atom. The molecule has 1 unspecified atom stereocenters. The molecular weight excluding hydrogens is 347 g/mol. The van der Waals surface area contributed by atoms with Gasteiger partial charge in [0, 0.05) is 18.2 Å². The van der Waals surface area contributed by atoms with Crippen molar-refractivity contribution in [3.05, 3.63) is 66.1 Å². The van der Waals surface area contributed by atoms with Crippen LogP contribution in [0.3, 0.4) is 0 Å². The number of hydrogen-bond acceptors (Lipinski definition) is 4. The molecule has 27 heavy (non-hydrogen) atoms. The third-order valence-electron chi connectivity index (χ3n) is 4.54. The summed E-state index contributed by atoms with van der Waals surface area (Å²) < 4.78 is 32.3. The van der Waals surface area contributed by atoms with Crippen molar-refractivity contribution in [2.24, 2.45) is 0 Å². The Labute approximate surface area is 157 Å². The number of benzene rings is 2. The Hall–Kier alpha value is -2.86. The number of hydrogen-bond donors (Lipinski definition) is 0. The van der Waals surface area contributed by atoms with Crippen LogP contribution in [0.2, 0.25) is 0 Å². The van der Waals surface area contributed by atoms with Gasteiger partial charge in [-0.3, -0.25) is 4.68 Å². The minimum Gasteiger partial charge on any atom is -0.493 e. The zero-order chi connectivity index (χ0) is 18.6. The van der Waals surface area contributed by atoms with E-state index in [1.54, 1.807) is 19.4 Å². The highest BCUT2D eigenvalue weighted by Gasteiger charge is 2.20. The van der Waals surface area contributed by atoms with Crippen LogP contribution in [0.25, 0.3) is 11.3 Å². The van der Waals surface area contributed by atoms with Crippen molar-refractivity contribution in [3.8, 4) is 22.8 Å². The lowest BCUT2D eigenvalue weighted by Crippen LogP contribution is -2.14. The maximum Gasteiger partial charge on any atom is 0.200 e. The van der Waals surface area contributed by atoms with E-state index in [1.165, 1.54) is 12.1 Å². The normalized spacial score (nSPS) is 16.4. The number of methoxy groups -OCH3 is 1. The SMILES string of the molecule is COc1ccc(-c2ccnn2Cc2cccc(F)c2)cc1OC1CCCO1. The summed E-state index contributed by atoms with van der Waals surface area (Å²) in [5, 5.41) is 4.39. The number of halogens is 1. The van der Waals surface area contributed by atoms with Crippen LogP contribution in [0, 0.1) is 5.82 Å². The topological polar surface area (TPSA) is 45.5 Å². The first kappa shape index (κ1) is 17.5. The van der Waals surface area contributed by atoms with Crippen LogP contribution in [0.1, 0.15) is 18.4 Å². The summed E-state index contributed by atoms with van der Waals surface area (Å²) >= 11 is 0. The zero-order valence-corrected chi connectivity index (χ0v) is 15.1. The van der Waals surface area contributed by atoms with Crippen molar-refractivity contribution in [1.82, 2.24) is 9.78 Å². The minimum absolute atomic E-state index is 0.244. The Morgan fingerprint density at radius 1 is 1.19 bits per heavy atom. The molecule has 0 N–H and O–H groups in total. The van der Waals surface area contributed by atoms with Crippen LogP contribution in [-0.4, -0.2) is 29.8 Å². The predicted octanol–water partition coefficient (Wildman–Crippen LogP) is 4.26. The molecule has 1 fully saturated rings. The van der Waals surface area contributed by atoms with E-state index < -0.39 is 0 Å². The van der Waals surface area contributed by atoms with E-state index in [2.05, 4.69) is 5.10 Å². The minimum atomic E-state index is -0.252. The van der Waals surface area contributed by atoms with Crippen LogP contribution in [0.5, 0.6) is 11.5 Å². The number of aromatic nitrogens is 2. The molecule has 1 aliphatic rings. The van der Waals surface area contributed by atoms with E-state index >= 15 is 0 Å². The molecule has 2 aromatic carbocycles. The second-order valence-electron chi connectivity index (χ2n) is 6.43. The molecule has 1 aromatic heterocycles. The van der Waals surface area contributed by atoms with Crippen molar-refractivity contribution in [2.45, 2.75) is 25.7 Å². The molecule has 5 nitrogen and oxygen atoms in total. The van der Waals surface area contributed by atoms with Crippen LogP contribution >= 0.6 is 0 Å². The lowest BCUT2D eigenvalue weighted by atomic mass is 10.1. The Kier molecular flexibility index (Phi) is 5.07. The van der Waals surface area contributed by atoms with E-state index in [4.69, 9.17) is 14.2 Å². The Balaban J connectivity index is 1.62. The van der Waals surface area contributed by atoms with Gasteiger partial charge < -0.3 is 14.2 Å². The summed E-state index contributed by atoms with van der Waals surface area (Å²) in [4.78, 5) is 0. The van der Waals surface area contributed by atoms with Gasteiger partial charge in [-0.25, -0.2) is 4.39 Å². The molecule has 3 aromatic rings. The van der Waals surface area contributed by atoms with Gasteiger partial charge in [0.2, 0.25) is 0 Å². The van der Waals surface area contributed by atoms with Gasteiger partial charge in [-0.1, -0.05) is 12.1 Å². The van der Waals surface area contributed by atoms with Gasteiger partial charge in [-0.2, -0.15) is 5.10 Å². The maximum absolute atomic E-state index is 13.5. The van der Waals surface area contributed by atoms with Crippen LogP contribution in [0.15, 0.2) is 54.7 Å². The fraction of sp³-hybridized carbons (Fsp3) is 0.286. The molecule has 1 aliphatic heterocycles. The van der Waals surface area contributed by atoms with Gasteiger partial charge in [-0.15, -0.1) is 0 Å². The molecule has 0 saturated carbocycles. The first-order chi connectivity index (χ1) is 13.2. The van der Waals surface area contributed by atoms with Crippen molar-refractivity contribution in [2.75, 3.05) is 13.7 Å². The van der Waals surface area contributed by atoms with Gasteiger partial charge in [0.25, 0.3) is 0 Å². The second-order valence-corrected chi connectivity index (χ2v) is 6.43. The molecule has 4 rings (SSSR count). The quantitative estimate of drug-likeness (QED) is 0.652. The molecule has 6 heteroatoms. The van der Waals surface area contributed by atoms with E-state index in [1.807, 2.05) is 35.0 Å². The summed E-state index contributed by atoms with van der Waals surface area (Å²) in [6.07, 6.45) is 3.35. The fourth-order valence-electron chi connectivity index (χ4n) is 3.22. The van der Waals surface area contributed by atoms with Crippen molar-refractivity contribution in [3.63, 3.8) is 0 Å². The number of rotatable bonds is 6. The van der Waals surface area contributed by atoms with Gasteiger partial charge >= 0.3 is 0 Å². The Bertz CT molecular complexity index is 919. The molecule has 1 atom stereocenters. The standard InChI is InChI=1S/C21H21FN2O3/c1-25-19-8-7-16(13-20(19)27-21-6-3-11-26-21)18-9-10-23-24(18)14-15-4-2-5-17(22)12-15/h2,4-5,7-10,12-13,21H,3,6,11,14H2,1H3. The molecular formula is C21H21FN2O3. The van der Waals surface area contributed by atoms with Crippen LogP contribution < -0.4 is 9.47 Å². The predicted molar refractivity (Wildman–Crippen MR) is 99.3 cm³/mol. The summed E-state index contributed by atoms with van der Waals surface area (Å²) in [6.45, 7) is 1.20. The molecule has 1 saturated heterocycles. The number of ether oxygens (including phenoxy) is 3. The third kappa shape index (κ3) is 3.95. The molecule has 0 spiro atoms. The highest BCUT2D eigenvalue weighted by Crippen LogP contribution is 2.34.